The van der Waals surface area contributed by atoms with Crippen LogP contribution in [0.2, 0.25) is 0 Å². The molecule has 6 heteroatoms. The zero-order chi connectivity index (χ0) is 13.1. The molecular formula is C13H23ClN2O3. The van der Waals surface area contributed by atoms with Crippen LogP contribution in [-0.2, 0) is 14.3 Å². The van der Waals surface area contributed by atoms with Crippen LogP contribution in [-0.4, -0.2) is 37.1 Å². The molecule has 1 saturated carbocycles. The molecule has 0 spiro atoms. The minimum absolute atomic E-state index is 0. The molecule has 1 saturated heterocycles. The first kappa shape index (κ1) is 16.2. The van der Waals surface area contributed by atoms with E-state index in [9.17, 15) is 9.59 Å². The van der Waals surface area contributed by atoms with Gasteiger partial charge in [0.1, 0.15) is 6.04 Å². The molecule has 0 bridgehead atoms. The molecule has 1 amide bonds. The first-order valence-corrected chi connectivity index (χ1v) is 6.76. The molecule has 2 rings (SSSR count). The van der Waals surface area contributed by atoms with Crippen LogP contribution < -0.4 is 10.6 Å². The largest absolute Gasteiger partial charge is 0.467 e. The van der Waals surface area contributed by atoms with Crippen molar-refractivity contribution in [1.82, 2.24) is 10.6 Å². The third-order valence-electron chi connectivity index (χ3n) is 4.09. The monoisotopic (exact) mass is 290 g/mol. The average Bonchev–Trinajstić information content (AvgIpc) is 2.81. The van der Waals surface area contributed by atoms with E-state index in [0.29, 0.717) is 12.0 Å². The van der Waals surface area contributed by atoms with E-state index < -0.39 is 12.0 Å². The lowest BCUT2D eigenvalue weighted by molar-refractivity contribution is -0.144. The van der Waals surface area contributed by atoms with Crippen LogP contribution in [0.25, 0.3) is 0 Å². The van der Waals surface area contributed by atoms with Crippen molar-refractivity contribution in [3.8, 4) is 0 Å². The van der Waals surface area contributed by atoms with Crippen molar-refractivity contribution in [2.24, 2.45) is 5.92 Å². The molecule has 0 aromatic rings. The number of carbonyl (C=O) groups is 2. The smallest absolute Gasteiger partial charge is 0.328 e. The van der Waals surface area contributed by atoms with Crippen LogP contribution >= 0.6 is 12.4 Å². The Kier molecular flexibility index (Phi) is 6.07. The van der Waals surface area contributed by atoms with Gasteiger partial charge in [0.2, 0.25) is 5.91 Å². The highest BCUT2D eigenvalue weighted by Gasteiger charge is 2.38. The normalized spacial score (nSPS) is 30.7. The standard InChI is InChI=1S/C13H22N2O3.ClH/c1-8(13(17)18-2)14-12(16)11-7-9-5-3-4-6-10(9)15-11;/h8-11,15H,3-7H2,1-2H3,(H,14,16);1H. The van der Waals surface area contributed by atoms with Crippen LogP contribution in [0.5, 0.6) is 0 Å². The Hall–Kier alpha value is -0.810. The van der Waals surface area contributed by atoms with Gasteiger partial charge in [0.15, 0.2) is 0 Å². The summed E-state index contributed by atoms with van der Waals surface area (Å²) in [5.74, 6) is 0.143. The van der Waals surface area contributed by atoms with Crippen molar-refractivity contribution in [3.05, 3.63) is 0 Å². The van der Waals surface area contributed by atoms with Crippen LogP contribution in [0.3, 0.4) is 0 Å². The minimum Gasteiger partial charge on any atom is -0.467 e. The quantitative estimate of drug-likeness (QED) is 0.761. The molecule has 0 radical (unpaired) electrons. The number of fused-ring (bicyclic) bond motifs is 1. The number of amides is 1. The van der Waals surface area contributed by atoms with E-state index in [1.165, 1.54) is 32.8 Å². The van der Waals surface area contributed by atoms with E-state index in [1.54, 1.807) is 6.92 Å². The fraction of sp³-hybridized carbons (Fsp3) is 0.846. The van der Waals surface area contributed by atoms with Gasteiger partial charge in [-0.25, -0.2) is 4.79 Å². The first-order valence-electron chi connectivity index (χ1n) is 6.76. The van der Waals surface area contributed by atoms with E-state index in [1.807, 2.05) is 0 Å². The predicted octanol–water partition coefficient (Wildman–Crippen LogP) is 1.01. The number of ether oxygens (including phenoxy) is 1. The molecule has 2 N–H and O–H groups in total. The third-order valence-corrected chi connectivity index (χ3v) is 4.09. The number of methoxy groups -OCH3 is 1. The number of carbonyl (C=O) groups excluding carboxylic acids is 2. The van der Waals surface area contributed by atoms with Gasteiger partial charge in [-0.3, -0.25) is 4.79 Å². The fourth-order valence-corrected chi connectivity index (χ4v) is 3.07. The van der Waals surface area contributed by atoms with E-state index in [4.69, 9.17) is 0 Å². The summed E-state index contributed by atoms with van der Waals surface area (Å²) in [6.07, 6.45) is 5.80. The van der Waals surface area contributed by atoms with Gasteiger partial charge in [-0.05, 0) is 32.1 Å². The number of esters is 1. The molecule has 0 aromatic carbocycles. The van der Waals surface area contributed by atoms with E-state index in [2.05, 4.69) is 15.4 Å². The molecule has 1 heterocycles. The Balaban J connectivity index is 0.00000180. The molecule has 110 valence electrons. The second-order valence-corrected chi connectivity index (χ2v) is 5.36. The van der Waals surface area contributed by atoms with E-state index in [-0.39, 0.29) is 24.4 Å². The Bertz CT molecular complexity index is 324. The molecule has 5 nitrogen and oxygen atoms in total. The highest BCUT2D eigenvalue weighted by atomic mass is 35.5. The lowest BCUT2D eigenvalue weighted by Gasteiger charge is -2.24. The van der Waals surface area contributed by atoms with Gasteiger partial charge in [0.05, 0.1) is 13.2 Å². The zero-order valence-corrected chi connectivity index (χ0v) is 12.3. The zero-order valence-electron chi connectivity index (χ0n) is 11.5. The van der Waals surface area contributed by atoms with E-state index in [0.717, 1.165) is 6.42 Å². The summed E-state index contributed by atoms with van der Waals surface area (Å²) >= 11 is 0. The van der Waals surface area contributed by atoms with Gasteiger partial charge in [-0.2, -0.15) is 0 Å². The second kappa shape index (κ2) is 7.10. The Morgan fingerprint density at radius 1 is 1.32 bits per heavy atom. The van der Waals surface area contributed by atoms with Crippen molar-refractivity contribution in [1.29, 1.82) is 0 Å². The number of rotatable bonds is 3. The summed E-state index contributed by atoms with van der Waals surface area (Å²) in [6, 6.07) is -0.236. The highest BCUT2D eigenvalue weighted by Crippen LogP contribution is 2.33. The maximum Gasteiger partial charge on any atom is 0.328 e. The lowest BCUT2D eigenvalue weighted by atomic mass is 9.85. The molecule has 4 unspecified atom stereocenters. The first-order chi connectivity index (χ1) is 8.61. The maximum absolute atomic E-state index is 12.0. The van der Waals surface area contributed by atoms with Crippen molar-refractivity contribution in [2.75, 3.05) is 7.11 Å². The topological polar surface area (TPSA) is 67.4 Å². The number of hydrogen-bond donors (Lipinski definition) is 2. The molecule has 2 fully saturated rings. The lowest BCUT2D eigenvalue weighted by Crippen LogP contribution is -2.48. The summed E-state index contributed by atoms with van der Waals surface area (Å²) in [5, 5.41) is 6.10. The van der Waals surface area contributed by atoms with Gasteiger partial charge in [0.25, 0.3) is 0 Å². The summed E-state index contributed by atoms with van der Waals surface area (Å²) in [7, 11) is 1.33. The van der Waals surface area contributed by atoms with Crippen molar-refractivity contribution >= 4 is 24.3 Å². The van der Waals surface area contributed by atoms with Gasteiger partial charge in [0, 0.05) is 6.04 Å². The average molecular weight is 291 g/mol. The van der Waals surface area contributed by atoms with Crippen LogP contribution in [0.15, 0.2) is 0 Å². The molecule has 1 aliphatic heterocycles. The third kappa shape index (κ3) is 3.83. The number of halogens is 1. The number of nitrogens with one attached hydrogen (secondary N) is 2. The van der Waals surface area contributed by atoms with E-state index >= 15 is 0 Å². The molecule has 19 heavy (non-hydrogen) atoms. The Morgan fingerprint density at radius 2 is 2.00 bits per heavy atom. The number of hydrogen-bond acceptors (Lipinski definition) is 4. The Morgan fingerprint density at radius 3 is 2.63 bits per heavy atom. The van der Waals surface area contributed by atoms with Gasteiger partial charge >= 0.3 is 5.97 Å². The molecule has 0 aromatic heterocycles. The minimum atomic E-state index is -0.577. The highest BCUT2D eigenvalue weighted by molar-refractivity contribution is 5.87. The van der Waals surface area contributed by atoms with Gasteiger partial charge in [-0.15, -0.1) is 12.4 Å². The van der Waals surface area contributed by atoms with Crippen molar-refractivity contribution in [3.63, 3.8) is 0 Å². The molecule has 2 aliphatic rings. The maximum atomic E-state index is 12.0. The molecule has 1 aliphatic carbocycles. The fourth-order valence-electron chi connectivity index (χ4n) is 3.07. The second-order valence-electron chi connectivity index (χ2n) is 5.36. The van der Waals surface area contributed by atoms with Crippen LogP contribution in [0, 0.1) is 5.92 Å². The molecular weight excluding hydrogens is 268 g/mol. The summed E-state index contributed by atoms with van der Waals surface area (Å²) in [4.78, 5) is 23.3. The van der Waals surface area contributed by atoms with Crippen LogP contribution in [0.4, 0.5) is 0 Å². The SMILES string of the molecule is COC(=O)C(C)NC(=O)C1CC2CCCCC2N1.Cl. The van der Waals surface area contributed by atoms with Crippen molar-refractivity contribution < 1.29 is 14.3 Å². The summed E-state index contributed by atoms with van der Waals surface area (Å²) in [5.41, 5.74) is 0. The Labute approximate surface area is 120 Å². The van der Waals surface area contributed by atoms with Crippen LogP contribution in [0.1, 0.15) is 39.0 Å². The summed E-state index contributed by atoms with van der Waals surface area (Å²) < 4.78 is 4.60. The summed E-state index contributed by atoms with van der Waals surface area (Å²) in [6.45, 7) is 1.64. The van der Waals surface area contributed by atoms with Crippen molar-refractivity contribution in [2.45, 2.75) is 57.2 Å². The van der Waals surface area contributed by atoms with Gasteiger partial charge < -0.3 is 15.4 Å². The van der Waals surface area contributed by atoms with Gasteiger partial charge in [-0.1, -0.05) is 12.8 Å². The molecule has 4 atom stereocenters. The predicted molar refractivity (Wildman–Crippen MR) is 74.2 cm³/mol.